The Labute approximate surface area is 86.0 Å². The quantitative estimate of drug-likeness (QED) is 0.778. The van der Waals surface area contributed by atoms with Crippen LogP contribution in [0.4, 0.5) is 0 Å². The van der Waals surface area contributed by atoms with Gasteiger partial charge in [0.25, 0.3) is 0 Å². The summed E-state index contributed by atoms with van der Waals surface area (Å²) >= 11 is 0. The van der Waals surface area contributed by atoms with E-state index in [1.54, 1.807) is 12.4 Å². The number of hydrogen-bond acceptors (Lipinski definition) is 3. The van der Waals surface area contributed by atoms with E-state index in [1.165, 1.54) is 6.42 Å². The minimum absolute atomic E-state index is 0.332. The van der Waals surface area contributed by atoms with E-state index in [-0.39, 0.29) is 0 Å². The minimum Gasteiger partial charge on any atom is -0.312 e. The highest BCUT2D eigenvalue weighted by Crippen LogP contribution is 2.20. The fourth-order valence-corrected chi connectivity index (χ4v) is 1.45. The van der Waals surface area contributed by atoms with Gasteiger partial charge in [0.15, 0.2) is 0 Å². The molecule has 1 rings (SSSR count). The number of nitrogens with zero attached hydrogens (tertiary/aromatic N) is 2. The van der Waals surface area contributed by atoms with Gasteiger partial charge in [0.1, 0.15) is 0 Å². The van der Waals surface area contributed by atoms with Crippen molar-refractivity contribution >= 4 is 0 Å². The number of rotatable bonds is 5. The van der Waals surface area contributed by atoms with Gasteiger partial charge in [-0.25, -0.2) is 0 Å². The van der Waals surface area contributed by atoms with Crippen molar-refractivity contribution < 1.29 is 0 Å². The van der Waals surface area contributed by atoms with E-state index in [1.807, 2.05) is 13.2 Å². The molecule has 0 spiro atoms. The molecule has 3 nitrogen and oxygen atoms in total. The molecular formula is C11H19N3. The van der Waals surface area contributed by atoms with Gasteiger partial charge in [-0.2, -0.15) is 0 Å². The van der Waals surface area contributed by atoms with Crippen molar-refractivity contribution in [2.75, 3.05) is 7.05 Å². The lowest BCUT2D eigenvalue weighted by Crippen LogP contribution is -2.20. The highest BCUT2D eigenvalue weighted by atomic mass is 14.9. The van der Waals surface area contributed by atoms with E-state index < -0.39 is 0 Å². The summed E-state index contributed by atoms with van der Waals surface area (Å²) in [6.07, 6.45) is 7.61. The third kappa shape index (κ3) is 3.07. The van der Waals surface area contributed by atoms with Gasteiger partial charge in [0, 0.05) is 18.6 Å². The highest BCUT2D eigenvalue weighted by Gasteiger charge is 2.13. The molecule has 1 aromatic heterocycles. The molecule has 0 aliphatic heterocycles. The first-order valence-electron chi connectivity index (χ1n) is 5.21. The van der Waals surface area contributed by atoms with Gasteiger partial charge in [0.2, 0.25) is 0 Å². The predicted molar refractivity (Wildman–Crippen MR) is 57.9 cm³/mol. The monoisotopic (exact) mass is 193 g/mol. The van der Waals surface area contributed by atoms with Gasteiger partial charge in [-0.1, -0.05) is 20.3 Å². The fourth-order valence-electron chi connectivity index (χ4n) is 1.45. The Balaban J connectivity index is 2.63. The molecule has 1 aromatic rings. The van der Waals surface area contributed by atoms with Crippen molar-refractivity contribution in [2.45, 2.75) is 32.7 Å². The SMILES string of the molecule is CCC(C)CC(NC)c1cnccn1. The topological polar surface area (TPSA) is 37.8 Å². The Kier molecular flexibility index (Phi) is 4.53. The van der Waals surface area contributed by atoms with Crippen molar-refractivity contribution in [3.8, 4) is 0 Å². The molecular weight excluding hydrogens is 174 g/mol. The van der Waals surface area contributed by atoms with E-state index >= 15 is 0 Å². The number of aromatic nitrogens is 2. The van der Waals surface area contributed by atoms with E-state index in [9.17, 15) is 0 Å². The van der Waals surface area contributed by atoms with Crippen LogP contribution in [0.15, 0.2) is 18.6 Å². The normalized spacial score (nSPS) is 15.1. The van der Waals surface area contributed by atoms with Crippen LogP contribution in [0, 0.1) is 5.92 Å². The second-order valence-electron chi connectivity index (χ2n) is 3.72. The smallest absolute Gasteiger partial charge is 0.0756 e. The van der Waals surface area contributed by atoms with Crippen LogP contribution >= 0.6 is 0 Å². The molecule has 0 saturated heterocycles. The third-order valence-electron chi connectivity index (χ3n) is 2.62. The minimum atomic E-state index is 0.332. The molecule has 0 aliphatic carbocycles. The maximum atomic E-state index is 4.31. The van der Waals surface area contributed by atoms with E-state index in [2.05, 4.69) is 29.1 Å². The molecule has 0 aromatic carbocycles. The summed E-state index contributed by atoms with van der Waals surface area (Å²) in [4.78, 5) is 8.40. The third-order valence-corrected chi connectivity index (χ3v) is 2.62. The first kappa shape index (κ1) is 11.1. The molecule has 0 amide bonds. The zero-order chi connectivity index (χ0) is 10.4. The van der Waals surface area contributed by atoms with Crippen molar-refractivity contribution in [3.05, 3.63) is 24.3 Å². The summed E-state index contributed by atoms with van der Waals surface area (Å²) in [5, 5.41) is 3.28. The molecule has 0 bridgehead atoms. The van der Waals surface area contributed by atoms with Crippen molar-refractivity contribution in [1.82, 2.24) is 15.3 Å². The Morgan fingerprint density at radius 2 is 2.21 bits per heavy atom. The zero-order valence-electron chi connectivity index (χ0n) is 9.20. The van der Waals surface area contributed by atoms with E-state index in [0.29, 0.717) is 6.04 Å². The zero-order valence-corrected chi connectivity index (χ0v) is 9.20. The summed E-state index contributed by atoms with van der Waals surface area (Å²) in [5.74, 6) is 0.717. The van der Waals surface area contributed by atoms with Crippen LogP contribution in [0.2, 0.25) is 0 Å². The number of hydrogen-bond donors (Lipinski definition) is 1. The molecule has 0 fully saturated rings. The van der Waals surface area contributed by atoms with Gasteiger partial charge in [-0.05, 0) is 19.4 Å². The average Bonchev–Trinajstić information content (AvgIpc) is 2.26. The summed E-state index contributed by atoms with van der Waals surface area (Å²) in [6.45, 7) is 4.48. The van der Waals surface area contributed by atoms with Crippen molar-refractivity contribution in [1.29, 1.82) is 0 Å². The average molecular weight is 193 g/mol. The van der Waals surface area contributed by atoms with E-state index in [0.717, 1.165) is 18.0 Å². The van der Waals surface area contributed by atoms with Crippen LogP contribution < -0.4 is 5.32 Å². The van der Waals surface area contributed by atoms with Crippen LogP contribution in [0.1, 0.15) is 38.4 Å². The van der Waals surface area contributed by atoms with Gasteiger partial charge in [-0.15, -0.1) is 0 Å². The Morgan fingerprint density at radius 3 is 2.71 bits per heavy atom. The molecule has 14 heavy (non-hydrogen) atoms. The van der Waals surface area contributed by atoms with E-state index in [4.69, 9.17) is 0 Å². The summed E-state index contributed by atoms with van der Waals surface area (Å²) in [5.41, 5.74) is 1.04. The van der Waals surface area contributed by atoms with Gasteiger partial charge < -0.3 is 5.32 Å². The maximum Gasteiger partial charge on any atom is 0.0756 e. The highest BCUT2D eigenvalue weighted by molar-refractivity contribution is 5.01. The molecule has 3 heteroatoms. The predicted octanol–water partition coefficient (Wildman–Crippen LogP) is 2.17. The lowest BCUT2D eigenvalue weighted by atomic mass is 9.98. The second-order valence-corrected chi connectivity index (χ2v) is 3.72. The molecule has 1 heterocycles. The standard InChI is InChI=1S/C11H19N3/c1-4-9(2)7-10(12-3)11-8-13-5-6-14-11/h5-6,8-10,12H,4,7H2,1-3H3. The second kappa shape index (κ2) is 5.70. The van der Waals surface area contributed by atoms with Crippen LogP contribution in [0.3, 0.4) is 0 Å². The molecule has 0 aliphatic rings. The molecule has 0 radical (unpaired) electrons. The Bertz CT molecular complexity index is 248. The Hall–Kier alpha value is -0.960. The first-order valence-corrected chi connectivity index (χ1v) is 5.21. The molecule has 0 saturated carbocycles. The van der Waals surface area contributed by atoms with Crippen LogP contribution in [0.5, 0.6) is 0 Å². The summed E-state index contributed by atoms with van der Waals surface area (Å²) in [7, 11) is 1.97. The fraction of sp³-hybridized carbons (Fsp3) is 0.636. The largest absolute Gasteiger partial charge is 0.312 e. The summed E-state index contributed by atoms with van der Waals surface area (Å²) in [6, 6.07) is 0.332. The summed E-state index contributed by atoms with van der Waals surface area (Å²) < 4.78 is 0. The molecule has 1 N–H and O–H groups in total. The van der Waals surface area contributed by atoms with Crippen LogP contribution in [-0.2, 0) is 0 Å². The molecule has 2 unspecified atom stereocenters. The lowest BCUT2D eigenvalue weighted by molar-refractivity contribution is 0.415. The maximum absolute atomic E-state index is 4.31. The van der Waals surface area contributed by atoms with Crippen molar-refractivity contribution in [3.63, 3.8) is 0 Å². The van der Waals surface area contributed by atoms with Gasteiger partial charge in [0.05, 0.1) is 11.7 Å². The first-order chi connectivity index (χ1) is 6.77. The molecule has 78 valence electrons. The van der Waals surface area contributed by atoms with Gasteiger partial charge >= 0.3 is 0 Å². The molecule has 2 atom stereocenters. The van der Waals surface area contributed by atoms with Gasteiger partial charge in [-0.3, -0.25) is 9.97 Å². The Morgan fingerprint density at radius 1 is 1.43 bits per heavy atom. The lowest BCUT2D eigenvalue weighted by Gasteiger charge is -2.18. The van der Waals surface area contributed by atoms with Crippen LogP contribution in [-0.4, -0.2) is 17.0 Å². The van der Waals surface area contributed by atoms with Crippen LogP contribution in [0.25, 0.3) is 0 Å². The van der Waals surface area contributed by atoms with Crippen molar-refractivity contribution in [2.24, 2.45) is 5.92 Å². The number of nitrogens with one attached hydrogen (secondary N) is 1.